The fourth-order valence-corrected chi connectivity index (χ4v) is 1.23. The summed E-state index contributed by atoms with van der Waals surface area (Å²) in [4.78, 5) is 12.7. The fourth-order valence-electron chi connectivity index (χ4n) is 0.817. The first-order valence-corrected chi connectivity index (χ1v) is 4.44. The molecule has 2 nitrogen and oxygen atoms in total. The van der Waals surface area contributed by atoms with Gasteiger partial charge in [0.1, 0.15) is 11.5 Å². The van der Waals surface area contributed by atoms with Gasteiger partial charge in [-0.3, -0.25) is 4.79 Å². The molecule has 1 aromatic rings. The Bertz CT molecular complexity index is 363. The van der Waals surface area contributed by atoms with E-state index in [-0.39, 0.29) is 10.9 Å². The summed E-state index contributed by atoms with van der Waals surface area (Å²) in [5.74, 6) is -1.09. The van der Waals surface area contributed by atoms with Crippen LogP contribution in [0, 0.1) is 5.82 Å². The van der Waals surface area contributed by atoms with E-state index in [2.05, 4.69) is 15.9 Å². The van der Waals surface area contributed by atoms with Crippen LogP contribution < -0.4 is 5.56 Å². The summed E-state index contributed by atoms with van der Waals surface area (Å²) in [6.07, 6.45) is -3.00. The number of alkyl halides is 3. The van der Waals surface area contributed by atoms with Crippen LogP contribution in [0.5, 0.6) is 0 Å². The van der Waals surface area contributed by atoms with Gasteiger partial charge in [0.25, 0.3) is 12.0 Å². The molecule has 0 spiro atoms. The molecule has 1 aromatic heterocycles. The van der Waals surface area contributed by atoms with Gasteiger partial charge < -0.3 is 4.98 Å². The van der Waals surface area contributed by atoms with E-state index in [1.165, 1.54) is 0 Å². The second kappa shape index (κ2) is 3.95. The van der Waals surface area contributed by atoms with Gasteiger partial charge in [-0.2, -0.15) is 0 Å². The molecular weight excluding hydrogens is 251 g/mol. The molecule has 0 aliphatic rings. The SMILES string of the molecule is O=c1[nH]c(C(F)F)c(F)cc1CBr. The molecule has 0 saturated heterocycles. The van der Waals surface area contributed by atoms with Crippen LogP contribution in [0.4, 0.5) is 13.2 Å². The molecule has 1 N–H and O–H groups in total. The van der Waals surface area contributed by atoms with Crippen LogP contribution in [0.15, 0.2) is 10.9 Å². The molecule has 0 fully saturated rings. The van der Waals surface area contributed by atoms with Crippen LogP contribution >= 0.6 is 15.9 Å². The Labute approximate surface area is 79.9 Å². The van der Waals surface area contributed by atoms with Gasteiger partial charge in [0.05, 0.1) is 0 Å². The smallest absolute Gasteiger partial charge is 0.281 e. The third-order valence-corrected chi connectivity index (χ3v) is 2.06. The first-order chi connectivity index (χ1) is 6.06. The lowest BCUT2D eigenvalue weighted by atomic mass is 10.2. The number of nitrogens with one attached hydrogen (secondary N) is 1. The van der Waals surface area contributed by atoms with E-state index in [4.69, 9.17) is 0 Å². The zero-order chi connectivity index (χ0) is 10.0. The second-order valence-electron chi connectivity index (χ2n) is 2.32. The maximum absolute atomic E-state index is 12.8. The van der Waals surface area contributed by atoms with Gasteiger partial charge in [-0.1, -0.05) is 15.9 Å². The molecule has 0 aliphatic heterocycles. The summed E-state index contributed by atoms with van der Waals surface area (Å²) in [5, 5.41) is 0.128. The van der Waals surface area contributed by atoms with Gasteiger partial charge in [-0.05, 0) is 6.07 Å². The lowest BCUT2D eigenvalue weighted by molar-refractivity contribution is 0.140. The van der Waals surface area contributed by atoms with Crippen molar-refractivity contribution in [1.82, 2.24) is 4.98 Å². The van der Waals surface area contributed by atoms with E-state index in [9.17, 15) is 18.0 Å². The van der Waals surface area contributed by atoms with Crippen molar-refractivity contribution in [1.29, 1.82) is 0 Å². The van der Waals surface area contributed by atoms with E-state index in [1.807, 2.05) is 0 Å². The second-order valence-corrected chi connectivity index (χ2v) is 2.88. The number of aromatic nitrogens is 1. The first kappa shape index (κ1) is 10.3. The molecule has 1 rings (SSSR count). The summed E-state index contributed by atoms with van der Waals surface area (Å²) in [7, 11) is 0. The molecule has 0 saturated carbocycles. The predicted molar refractivity (Wildman–Crippen MR) is 44.6 cm³/mol. The average Bonchev–Trinajstić information content (AvgIpc) is 2.07. The van der Waals surface area contributed by atoms with Crippen LogP contribution in [0.1, 0.15) is 17.7 Å². The summed E-state index contributed by atoms with van der Waals surface area (Å²) in [6, 6.07) is 0.801. The van der Waals surface area contributed by atoms with E-state index >= 15 is 0 Å². The van der Waals surface area contributed by atoms with Crippen molar-refractivity contribution in [3.05, 3.63) is 33.5 Å². The highest BCUT2D eigenvalue weighted by molar-refractivity contribution is 9.08. The van der Waals surface area contributed by atoms with Crippen molar-refractivity contribution in [2.75, 3.05) is 0 Å². The highest BCUT2D eigenvalue weighted by atomic mass is 79.9. The monoisotopic (exact) mass is 255 g/mol. The van der Waals surface area contributed by atoms with Crippen molar-refractivity contribution in [3.63, 3.8) is 0 Å². The van der Waals surface area contributed by atoms with Gasteiger partial charge in [0, 0.05) is 10.9 Å². The Morgan fingerprint density at radius 3 is 2.62 bits per heavy atom. The molecule has 0 unspecified atom stereocenters. The highest BCUT2D eigenvalue weighted by Crippen LogP contribution is 2.18. The molecule has 0 radical (unpaired) electrons. The minimum Gasteiger partial charge on any atom is -0.318 e. The normalized spacial score (nSPS) is 10.8. The van der Waals surface area contributed by atoms with Crippen molar-refractivity contribution in [2.24, 2.45) is 0 Å². The zero-order valence-electron chi connectivity index (χ0n) is 6.28. The van der Waals surface area contributed by atoms with Crippen molar-refractivity contribution in [2.45, 2.75) is 11.8 Å². The molecule has 1 heterocycles. The fraction of sp³-hybridized carbons (Fsp3) is 0.286. The Morgan fingerprint density at radius 1 is 1.54 bits per heavy atom. The van der Waals surface area contributed by atoms with Gasteiger partial charge in [0.2, 0.25) is 0 Å². The third kappa shape index (κ3) is 2.12. The molecule has 0 aromatic carbocycles. The quantitative estimate of drug-likeness (QED) is 0.809. The number of pyridine rings is 1. The van der Waals surface area contributed by atoms with Gasteiger partial charge in [-0.25, -0.2) is 13.2 Å². The molecule has 13 heavy (non-hydrogen) atoms. The number of hydrogen-bond acceptors (Lipinski definition) is 1. The van der Waals surface area contributed by atoms with Gasteiger partial charge in [0.15, 0.2) is 0 Å². The van der Waals surface area contributed by atoms with Crippen LogP contribution in [-0.4, -0.2) is 4.98 Å². The van der Waals surface area contributed by atoms with E-state index < -0.39 is 23.5 Å². The standard InChI is InChI=1S/C7H5BrF3NO/c8-2-3-1-4(9)5(6(10)11)12-7(3)13/h1,6H,2H2,(H,12,13). The number of hydrogen-bond donors (Lipinski definition) is 1. The molecule has 6 heteroatoms. The van der Waals surface area contributed by atoms with Gasteiger partial charge >= 0.3 is 0 Å². The van der Waals surface area contributed by atoms with E-state index in [0.29, 0.717) is 0 Å². The van der Waals surface area contributed by atoms with E-state index in [1.54, 1.807) is 4.98 Å². The average molecular weight is 256 g/mol. The van der Waals surface area contributed by atoms with Crippen LogP contribution in [0.3, 0.4) is 0 Å². The molecule has 0 aliphatic carbocycles. The molecule has 0 bridgehead atoms. The molecule has 0 atom stereocenters. The van der Waals surface area contributed by atoms with Crippen molar-refractivity contribution >= 4 is 15.9 Å². The Morgan fingerprint density at radius 2 is 2.15 bits per heavy atom. The van der Waals surface area contributed by atoms with Gasteiger partial charge in [-0.15, -0.1) is 0 Å². The number of halogens is 4. The maximum Gasteiger partial charge on any atom is 0.281 e. The number of rotatable bonds is 2. The Kier molecular flexibility index (Phi) is 3.13. The molecule has 72 valence electrons. The van der Waals surface area contributed by atoms with E-state index in [0.717, 1.165) is 6.07 Å². The highest BCUT2D eigenvalue weighted by Gasteiger charge is 2.15. The predicted octanol–water partition coefficient (Wildman–Crippen LogP) is 2.35. The minimum atomic E-state index is -3.00. The molecular formula is C7H5BrF3NO. The summed E-state index contributed by atoms with van der Waals surface area (Å²) >= 11 is 2.93. The third-order valence-electron chi connectivity index (χ3n) is 1.46. The zero-order valence-corrected chi connectivity index (χ0v) is 7.87. The van der Waals surface area contributed by atoms with Crippen LogP contribution in [0.2, 0.25) is 0 Å². The largest absolute Gasteiger partial charge is 0.318 e. The summed E-state index contributed by atoms with van der Waals surface area (Å²) < 4.78 is 36.8. The van der Waals surface area contributed by atoms with Crippen molar-refractivity contribution in [3.8, 4) is 0 Å². The maximum atomic E-state index is 12.8. The van der Waals surface area contributed by atoms with Crippen molar-refractivity contribution < 1.29 is 13.2 Å². The summed E-state index contributed by atoms with van der Waals surface area (Å²) in [6.45, 7) is 0. The van der Waals surface area contributed by atoms with Crippen LogP contribution in [-0.2, 0) is 5.33 Å². The Hall–Kier alpha value is -0.780. The first-order valence-electron chi connectivity index (χ1n) is 3.32. The summed E-state index contributed by atoms with van der Waals surface area (Å²) in [5.41, 5.74) is -1.58. The Balaban J connectivity index is 3.29. The number of H-pyrrole nitrogens is 1. The topological polar surface area (TPSA) is 32.9 Å². The lowest BCUT2D eigenvalue weighted by Crippen LogP contribution is -2.15. The minimum absolute atomic E-state index is 0.0851. The molecule has 0 amide bonds. The lowest BCUT2D eigenvalue weighted by Gasteiger charge is -2.02. The number of aromatic amines is 1. The van der Waals surface area contributed by atoms with Crippen LogP contribution in [0.25, 0.3) is 0 Å².